The summed E-state index contributed by atoms with van der Waals surface area (Å²) in [6.45, 7) is 2.10. The Bertz CT molecular complexity index is 107. The molecule has 0 saturated carbocycles. The molecule has 2 atom stereocenters. The third kappa shape index (κ3) is 8.03. The van der Waals surface area contributed by atoms with E-state index in [-0.39, 0.29) is 12.6 Å². The van der Waals surface area contributed by atoms with Crippen LogP contribution in [0.25, 0.3) is 0 Å². The number of hydrogen-bond donors (Lipinski definition) is 1. The predicted molar refractivity (Wildman–Crippen MR) is 37.8 cm³/mol. The lowest BCUT2D eigenvalue weighted by Crippen LogP contribution is -2.15. The van der Waals surface area contributed by atoms with Crippen LogP contribution >= 0.6 is 0 Å². The number of hydrogen-bond acceptors (Lipinski definition) is 4. The van der Waals surface area contributed by atoms with Crippen molar-refractivity contribution in [3.05, 3.63) is 0 Å². The molecular formula is C5H12NO3S-. The first-order valence-corrected chi connectivity index (χ1v) is 4.11. The smallest absolute Gasteiger partial charge is 0.0842 e. The van der Waals surface area contributed by atoms with Gasteiger partial charge in [0.1, 0.15) is 0 Å². The lowest BCUT2D eigenvalue weighted by Gasteiger charge is -2.06. The molecule has 0 rings (SSSR count). The Kier molecular flexibility index (Phi) is 5.81. The summed E-state index contributed by atoms with van der Waals surface area (Å²) in [4.78, 5) is 0. The molecule has 0 fully saturated rings. The molecule has 0 heterocycles. The van der Waals surface area contributed by atoms with Gasteiger partial charge in [0.15, 0.2) is 0 Å². The van der Waals surface area contributed by atoms with Gasteiger partial charge in [-0.3, -0.25) is 0 Å². The van der Waals surface area contributed by atoms with E-state index in [1.165, 1.54) is 0 Å². The largest absolute Gasteiger partial charge is 0.750 e. The molecule has 0 saturated heterocycles. The lowest BCUT2D eigenvalue weighted by molar-refractivity contribution is 0.289. The molecule has 5 heteroatoms. The average Bonchev–Trinajstić information content (AvgIpc) is 1.79. The molecule has 0 aromatic rings. The Morgan fingerprint density at radius 3 is 2.80 bits per heavy atom. The van der Waals surface area contributed by atoms with Gasteiger partial charge in [0.05, 0.1) is 18.0 Å². The molecule has 0 aliphatic rings. The Morgan fingerprint density at radius 2 is 2.40 bits per heavy atom. The maximum Gasteiger partial charge on any atom is 0.0842 e. The molecule has 2 unspecified atom stereocenters. The molecule has 0 spiro atoms. The molecule has 0 aromatic carbocycles. The van der Waals surface area contributed by atoms with Gasteiger partial charge in [0, 0.05) is 6.04 Å². The van der Waals surface area contributed by atoms with Crippen molar-refractivity contribution < 1.29 is 12.9 Å². The zero-order valence-corrected chi connectivity index (χ0v) is 6.73. The maximum absolute atomic E-state index is 9.79. The Balaban J connectivity index is 2.98. The second kappa shape index (κ2) is 5.79. The molecule has 0 radical (unpaired) electrons. The fourth-order valence-corrected chi connectivity index (χ4v) is 0.786. The van der Waals surface area contributed by atoms with Crippen LogP contribution in [0.15, 0.2) is 0 Å². The summed E-state index contributed by atoms with van der Waals surface area (Å²) in [5.41, 5.74) is 5.40. The monoisotopic (exact) mass is 166 g/mol. The van der Waals surface area contributed by atoms with Crippen LogP contribution in [0.2, 0.25) is 0 Å². The Labute approximate surface area is 63.2 Å². The summed E-state index contributed by atoms with van der Waals surface area (Å²) in [5, 5.41) is 0. The van der Waals surface area contributed by atoms with Crippen molar-refractivity contribution in [3.8, 4) is 0 Å². The van der Waals surface area contributed by atoms with Gasteiger partial charge in [-0.15, -0.1) is 0 Å². The summed E-state index contributed by atoms with van der Waals surface area (Å²) in [6.07, 6.45) is 1.48. The zero-order valence-electron chi connectivity index (χ0n) is 5.91. The highest BCUT2D eigenvalue weighted by molar-refractivity contribution is 7.74. The third-order valence-electron chi connectivity index (χ3n) is 0.983. The highest BCUT2D eigenvalue weighted by atomic mass is 32.2. The molecule has 4 nitrogen and oxygen atoms in total. The number of rotatable bonds is 5. The number of nitrogens with two attached hydrogens (primary N) is 1. The summed E-state index contributed by atoms with van der Waals surface area (Å²) in [7, 11) is 0. The van der Waals surface area contributed by atoms with Gasteiger partial charge in [-0.2, -0.15) is 0 Å². The second-order valence-corrected chi connectivity index (χ2v) is 2.79. The quantitative estimate of drug-likeness (QED) is 0.458. The summed E-state index contributed by atoms with van der Waals surface area (Å²) in [6, 6.07) is 0.115. The van der Waals surface area contributed by atoms with E-state index in [1.54, 1.807) is 0 Å². The molecule has 0 aliphatic heterocycles. The molecule has 0 bridgehead atoms. The van der Waals surface area contributed by atoms with Crippen LogP contribution in [0.4, 0.5) is 0 Å². The average molecular weight is 166 g/mol. The van der Waals surface area contributed by atoms with Gasteiger partial charge in [-0.25, -0.2) is 4.21 Å². The minimum Gasteiger partial charge on any atom is -0.750 e. The molecule has 10 heavy (non-hydrogen) atoms. The van der Waals surface area contributed by atoms with E-state index < -0.39 is 11.4 Å². The Hall–Kier alpha value is 0.0300. The van der Waals surface area contributed by atoms with E-state index in [2.05, 4.69) is 4.18 Å². The fourth-order valence-electron chi connectivity index (χ4n) is 0.532. The summed E-state index contributed by atoms with van der Waals surface area (Å²) in [5.74, 6) is 0. The van der Waals surface area contributed by atoms with Gasteiger partial charge in [0.25, 0.3) is 0 Å². The van der Waals surface area contributed by atoms with Crippen LogP contribution in [0.3, 0.4) is 0 Å². The van der Waals surface area contributed by atoms with Crippen molar-refractivity contribution in [3.63, 3.8) is 0 Å². The van der Waals surface area contributed by atoms with Gasteiger partial charge < -0.3 is 14.5 Å². The first kappa shape index (κ1) is 10.0. The van der Waals surface area contributed by atoms with E-state index in [0.29, 0.717) is 6.42 Å². The van der Waals surface area contributed by atoms with Gasteiger partial charge in [-0.1, -0.05) is 0 Å². The van der Waals surface area contributed by atoms with Crippen LogP contribution in [-0.4, -0.2) is 21.4 Å². The lowest BCUT2D eigenvalue weighted by atomic mass is 10.2. The topological polar surface area (TPSA) is 75.4 Å². The molecular weight excluding hydrogens is 154 g/mol. The van der Waals surface area contributed by atoms with Crippen molar-refractivity contribution in [2.75, 3.05) is 6.61 Å². The van der Waals surface area contributed by atoms with Crippen molar-refractivity contribution in [2.45, 2.75) is 25.8 Å². The SMILES string of the molecule is CC(N)CCCOS(=O)[O-]. The van der Waals surface area contributed by atoms with E-state index in [1.807, 2.05) is 6.92 Å². The van der Waals surface area contributed by atoms with Crippen molar-refractivity contribution >= 4 is 11.4 Å². The summed E-state index contributed by atoms with van der Waals surface area (Å²) < 4.78 is 23.8. The molecule has 62 valence electrons. The highest BCUT2D eigenvalue weighted by Crippen LogP contribution is 1.94. The van der Waals surface area contributed by atoms with Crippen LogP contribution in [0.1, 0.15) is 19.8 Å². The van der Waals surface area contributed by atoms with Crippen molar-refractivity contribution in [1.29, 1.82) is 0 Å². The standard InChI is InChI=1S/C5H13NO3S/c1-5(6)3-2-4-9-10(7)8/h5H,2-4,6H2,1H3,(H,7,8)/p-1. The first-order chi connectivity index (χ1) is 4.63. The van der Waals surface area contributed by atoms with Crippen molar-refractivity contribution in [1.82, 2.24) is 0 Å². The molecule has 0 aromatic heterocycles. The first-order valence-electron chi connectivity index (χ1n) is 3.11. The van der Waals surface area contributed by atoms with Gasteiger partial charge in [-0.05, 0) is 19.8 Å². The predicted octanol–water partition coefficient (Wildman–Crippen LogP) is -0.0755. The molecule has 2 N–H and O–H groups in total. The molecule has 0 amide bonds. The van der Waals surface area contributed by atoms with Gasteiger partial charge in [0.2, 0.25) is 0 Å². The normalized spacial score (nSPS) is 16.7. The van der Waals surface area contributed by atoms with Crippen LogP contribution < -0.4 is 5.73 Å². The van der Waals surface area contributed by atoms with E-state index >= 15 is 0 Å². The Morgan fingerprint density at radius 1 is 1.80 bits per heavy atom. The van der Waals surface area contributed by atoms with E-state index in [0.717, 1.165) is 6.42 Å². The second-order valence-electron chi connectivity index (χ2n) is 2.15. The molecule has 0 aliphatic carbocycles. The highest BCUT2D eigenvalue weighted by Gasteiger charge is 1.93. The third-order valence-corrected chi connectivity index (χ3v) is 1.34. The van der Waals surface area contributed by atoms with Crippen LogP contribution in [-0.2, 0) is 15.5 Å². The fraction of sp³-hybridized carbons (Fsp3) is 1.00. The van der Waals surface area contributed by atoms with E-state index in [9.17, 15) is 8.76 Å². The minimum atomic E-state index is -2.37. The van der Waals surface area contributed by atoms with Crippen molar-refractivity contribution in [2.24, 2.45) is 5.73 Å². The van der Waals surface area contributed by atoms with E-state index in [4.69, 9.17) is 5.73 Å². The van der Waals surface area contributed by atoms with Crippen LogP contribution in [0, 0.1) is 0 Å². The zero-order chi connectivity index (χ0) is 7.98. The summed E-state index contributed by atoms with van der Waals surface area (Å²) >= 11 is -2.37. The van der Waals surface area contributed by atoms with Gasteiger partial charge >= 0.3 is 0 Å². The minimum absolute atomic E-state index is 0.115. The maximum atomic E-state index is 9.79. The van der Waals surface area contributed by atoms with Crippen LogP contribution in [0.5, 0.6) is 0 Å².